The molecular weight excluding hydrogens is 484 g/mol. The predicted molar refractivity (Wildman–Crippen MR) is 122 cm³/mol. The topological polar surface area (TPSA) is 108 Å². The molecule has 36 heavy (non-hydrogen) atoms. The van der Waals surface area contributed by atoms with Crippen LogP contribution < -0.4 is 15.9 Å². The maximum atomic E-state index is 13.5. The first-order valence-electron chi connectivity index (χ1n) is 10.8. The van der Waals surface area contributed by atoms with Crippen molar-refractivity contribution in [3.05, 3.63) is 70.9 Å². The number of halogens is 4. The van der Waals surface area contributed by atoms with Crippen molar-refractivity contribution in [2.45, 2.75) is 32.5 Å². The second-order valence-corrected chi connectivity index (χ2v) is 7.75. The number of esters is 1. The molecule has 0 fully saturated rings. The summed E-state index contributed by atoms with van der Waals surface area (Å²) >= 11 is 0. The van der Waals surface area contributed by atoms with Crippen LogP contribution >= 0.6 is 0 Å². The lowest BCUT2D eigenvalue weighted by Crippen LogP contribution is -2.27. The Morgan fingerprint density at radius 1 is 1.17 bits per heavy atom. The normalized spacial score (nSPS) is 12.2. The van der Waals surface area contributed by atoms with Crippen LogP contribution in [0.4, 0.5) is 17.6 Å². The van der Waals surface area contributed by atoms with Crippen LogP contribution in [-0.4, -0.2) is 41.4 Å². The van der Waals surface area contributed by atoms with E-state index in [-0.39, 0.29) is 35.9 Å². The molecule has 0 aliphatic rings. The fraction of sp³-hybridized carbons (Fsp3) is 0.292. The van der Waals surface area contributed by atoms with Crippen molar-refractivity contribution in [3.8, 4) is 17.0 Å². The molecule has 3 rings (SSSR count). The Labute approximate surface area is 204 Å². The number of nitrogen functional groups attached to an aromatic ring is 1. The molecule has 0 saturated carbocycles. The Hall–Kier alpha value is -4.09. The number of ether oxygens (including phenoxy) is 2. The largest absolute Gasteiger partial charge is 0.496 e. The van der Waals surface area contributed by atoms with Gasteiger partial charge in [-0.1, -0.05) is 24.3 Å². The van der Waals surface area contributed by atoms with E-state index in [1.54, 1.807) is 19.1 Å². The average Bonchev–Trinajstić information content (AvgIpc) is 3.18. The van der Waals surface area contributed by atoms with Gasteiger partial charge in [0.1, 0.15) is 29.0 Å². The van der Waals surface area contributed by atoms with Crippen molar-refractivity contribution in [3.63, 3.8) is 0 Å². The Bertz CT molecular complexity index is 1260. The van der Waals surface area contributed by atoms with E-state index in [0.717, 1.165) is 13.0 Å². The lowest BCUT2D eigenvalue weighted by molar-refractivity contribution is -0.148. The molecule has 1 heterocycles. The molecule has 1 atom stereocenters. The summed E-state index contributed by atoms with van der Waals surface area (Å²) in [4.78, 5) is 29.0. The SMILES string of the molecule is CCOC(=O)c1c(-c2ccc(CNC(=O)c3cc(F)ccc3OC)cc2)nc(C(C)C(F)(F)F)n1N. The molecule has 1 unspecified atom stereocenters. The number of rotatable bonds is 8. The van der Waals surface area contributed by atoms with E-state index in [4.69, 9.17) is 15.3 Å². The number of alkyl halides is 3. The zero-order valence-electron chi connectivity index (χ0n) is 19.6. The zero-order valence-corrected chi connectivity index (χ0v) is 19.6. The summed E-state index contributed by atoms with van der Waals surface area (Å²) < 4.78 is 64.1. The van der Waals surface area contributed by atoms with Crippen molar-refractivity contribution < 1.29 is 36.6 Å². The molecule has 2 aromatic carbocycles. The van der Waals surface area contributed by atoms with Crippen molar-refractivity contribution in [2.24, 2.45) is 0 Å². The molecule has 0 spiro atoms. The highest BCUT2D eigenvalue weighted by Gasteiger charge is 2.41. The molecule has 1 aromatic heterocycles. The highest BCUT2D eigenvalue weighted by atomic mass is 19.4. The zero-order chi connectivity index (χ0) is 26.6. The molecule has 8 nitrogen and oxygen atoms in total. The third-order valence-corrected chi connectivity index (χ3v) is 5.37. The van der Waals surface area contributed by atoms with E-state index in [0.29, 0.717) is 15.8 Å². The maximum absolute atomic E-state index is 13.5. The number of carbonyl (C=O) groups is 2. The third-order valence-electron chi connectivity index (χ3n) is 5.37. The van der Waals surface area contributed by atoms with Gasteiger partial charge in [-0.25, -0.2) is 18.8 Å². The first-order chi connectivity index (χ1) is 17.0. The van der Waals surface area contributed by atoms with E-state index in [2.05, 4.69) is 10.3 Å². The van der Waals surface area contributed by atoms with E-state index >= 15 is 0 Å². The summed E-state index contributed by atoms with van der Waals surface area (Å²) in [6, 6.07) is 9.80. The number of benzene rings is 2. The molecule has 1 amide bonds. The lowest BCUT2D eigenvalue weighted by atomic mass is 10.1. The molecule has 192 valence electrons. The quantitative estimate of drug-likeness (QED) is 0.269. The molecule has 0 aliphatic carbocycles. The summed E-state index contributed by atoms with van der Waals surface area (Å²) in [6.45, 7) is 2.49. The molecule has 0 aliphatic heterocycles. The summed E-state index contributed by atoms with van der Waals surface area (Å²) in [7, 11) is 1.36. The van der Waals surface area contributed by atoms with Crippen LogP contribution in [0.15, 0.2) is 42.5 Å². The molecule has 3 aromatic rings. The molecule has 0 radical (unpaired) electrons. The van der Waals surface area contributed by atoms with Crippen molar-refractivity contribution in [1.82, 2.24) is 15.0 Å². The standard InChI is InChI=1S/C24H24F4N4O4/c1-4-36-23(34)20-19(31-21(32(20)29)13(2)24(26,27)28)15-7-5-14(6-8-15)12-30-22(33)17-11-16(25)9-10-18(17)35-3/h5-11,13H,4,12,29H2,1-3H3,(H,30,33). The number of carbonyl (C=O) groups excluding carboxylic acids is 2. The molecular formula is C24H24F4N4O4. The number of nitrogens with one attached hydrogen (secondary N) is 1. The third kappa shape index (κ3) is 5.58. The van der Waals surface area contributed by atoms with E-state index in [9.17, 15) is 27.2 Å². The first kappa shape index (κ1) is 26.5. The Morgan fingerprint density at radius 3 is 2.42 bits per heavy atom. The van der Waals surface area contributed by atoms with Crippen LogP contribution in [0.25, 0.3) is 11.3 Å². The first-order valence-corrected chi connectivity index (χ1v) is 10.8. The molecule has 0 bridgehead atoms. The van der Waals surface area contributed by atoms with Gasteiger partial charge in [-0.05, 0) is 37.6 Å². The van der Waals surface area contributed by atoms with Crippen LogP contribution in [0, 0.1) is 5.82 Å². The Balaban J connectivity index is 1.86. The lowest BCUT2D eigenvalue weighted by Gasteiger charge is -2.15. The van der Waals surface area contributed by atoms with Crippen molar-refractivity contribution >= 4 is 11.9 Å². The van der Waals surface area contributed by atoms with Gasteiger partial charge in [-0.3, -0.25) is 4.79 Å². The minimum atomic E-state index is -4.63. The highest BCUT2D eigenvalue weighted by molar-refractivity contribution is 5.97. The number of nitrogens with two attached hydrogens (primary N) is 1. The summed E-state index contributed by atoms with van der Waals surface area (Å²) in [5.74, 6) is 1.40. The van der Waals surface area contributed by atoms with Gasteiger partial charge in [0.15, 0.2) is 5.69 Å². The van der Waals surface area contributed by atoms with Crippen molar-refractivity contribution in [1.29, 1.82) is 0 Å². The van der Waals surface area contributed by atoms with Gasteiger partial charge in [-0.2, -0.15) is 13.2 Å². The minimum Gasteiger partial charge on any atom is -0.496 e. The second kappa shape index (κ2) is 10.7. The van der Waals surface area contributed by atoms with Crippen LogP contribution in [0.3, 0.4) is 0 Å². The number of methoxy groups -OCH3 is 1. The molecule has 3 N–H and O–H groups in total. The summed E-state index contributed by atoms with van der Waals surface area (Å²) in [6.07, 6.45) is -4.63. The highest BCUT2D eigenvalue weighted by Crippen LogP contribution is 2.36. The Kier molecular flexibility index (Phi) is 7.86. The van der Waals surface area contributed by atoms with Gasteiger partial charge in [0.05, 0.1) is 19.3 Å². The number of aromatic nitrogens is 2. The number of amides is 1. The maximum Gasteiger partial charge on any atom is 0.398 e. The number of hydrogen-bond donors (Lipinski definition) is 2. The number of imidazole rings is 1. The van der Waals surface area contributed by atoms with Gasteiger partial charge in [-0.15, -0.1) is 0 Å². The Morgan fingerprint density at radius 2 is 1.83 bits per heavy atom. The van der Waals surface area contributed by atoms with Crippen LogP contribution in [0.2, 0.25) is 0 Å². The molecule has 12 heteroatoms. The van der Waals surface area contributed by atoms with Gasteiger partial charge in [0.2, 0.25) is 0 Å². The van der Waals surface area contributed by atoms with Gasteiger partial charge < -0.3 is 20.6 Å². The fourth-order valence-corrected chi connectivity index (χ4v) is 3.41. The van der Waals surface area contributed by atoms with Crippen LogP contribution in [0.5, 0.6) is 5.75 Å². The summed E-state index contributed by atoms with van der Waals surface area (Å²) in [5, 5.41) is 2.64. The fourth-order valence-electron chi connectivity index (χ4n) is 3.41. The van der Waals surface area contributed by atoms with Crippen molar-refractivity contribution in [2.75, 3.05) is 19.6 Å². The van der Waals surface area contributed by atoms with Crippen LogP contribution in [0.1, 0.15) is 52.0 Å². The van der Waals surface area contributed by atoms with Gasteiger partial charge in [0, 0.05) is 12.1 Å². The van der Waals surface area contributed by atoms with Gasteiger partial charge >= 0.3 is 12.1 Å². The summed E-state index contributed by atoms with van der Waals surface area (Å²) in [5.41, 5.74) is 0.577. The van der Waals surface area contributed by atoms with Gasteiger partial charge in [0.25, 0.3) is 5.91 Å². The average molecular weight is 508 g/mol. The predicted octanol–water partition coefficient (Wildman–Crippen LogP) is 4.18. The van der Waals surface area contributed by atoms with E-state index in [1.165, 1.54) is 31.4 Å². The molecule has 0 saturated heterocycles. The van der Waals surface area contributed by atoms with E-state index < -0.39 is 35.6 Å². The second-order valence-electron chi connectivity index (χ2n) is 7.75. The van der Waals surface area contributed by atoms with Crippen LogP contribution in [-0.2, 0) is 11.3 Å². The van der Waals surface area contributed by atoms with E-state index in [1.807, 2.05) is 0 Å². The number of hydrogen-bond acceptors (Lipinski definition) is 6. The smallest absolute Gasteiger partial charge is 0.398 e. The number of nitrogens with zero attached hydrogens (tertiary/aromatic N) is 2. The monoisotopic (exact) mass is 508 g/mol. The minimum absolute atomic E-state index is 0.0116.